The van der Waals surface area contributed by atoms with Crippen molar-refractivity contribution in [1.82, 2.24) is 5.48 Å². The Morgan fingerprint density at radius 3 is 2.73 bits per heavy atom. The summed E-state index contributed by atoms with van der Waals surface area (Å²) in [6.07, 6.45) is -0.910. The standard InChI is InChI=1S/C10H11NO4/c12-7-11-15-10(14)9(13)6-8-4-2-1-3-5-8/h1-5,7,9,13H,6H2,(H,11,12). The molecule has 0 radical (unpaired) electrons. The lowest BCUT2D eigenvalue weighted by molar-refractivity contribution is -0.163. The van der Waals surface area contributed by atoms with Crippen LogP contribution in [0.2, 0.25) is 0 Å². The van der Waals surface area contributed by atoms with Gasteiger partial charge in [-0.3, -0.25) is 4.79 Å². The van der Waals surface area contributed by atoms with E-state index in [9.17, 15) is 14.7 Å². The summed E-state index contributed by atoms with van der Waals surface area (Å²) in [4.78, 5) is 25.1. The first-order valence-corrected chi connectivity index (χ1v) is 4.36. The van der Waals surface area contributed by atoms with E-state index in [1.807, 2.05) is 6.07 Å². The molecular formula is C10H11NO4. The number of hydroxylamine groups is 1. The Morgan fingerprint density at radius 1 is 1.47 bits per heavy atom. The van der Waals surface area contributed by atoms with Crippen LogP contribution in [0.25, 0.3) is 0 Å². The van der Waals surface area contributed by atoms with E-state index in [1.165, 1.54) is 0 Å². The topological polar surface area (TPSA) is 75.6 Å². The molecule has 5 heteroatoms. The number of amides is 1. The molecule has 0 saturated heterocycles. The third-order valence-electron chi connectivity index (χ3n) is 1.75. The van der Waals surface area contributed by atoms with Gasteiger partial charge in [-0.1, -0.05) is 30.3 Å². The zero-order chi connectivity index (χ0) is 11.1. The fraction of sp³-hybridized carbons (Fsp3) is 0.200. The number of benzene rings is 1. The molecule has 1 unspecified atom stereocenters. The average molecular weight is 209 g/mol. The van der Waals surface area contributed by atoms with E-state index in [0.29, 0.717) is 0 Å². The summed E-state index contributed by atoms with van der Waals surface area (Å²) in [6.45, 7) is 0. The molecule has 5 nitrogen and oxygen atoms in total. The van der Waals surface area contributed by atoms with E-state index in [0.717, 1.165) is 5.56 Å². The molecule has 1 rings (SSSR count). The van der Waals surface area contributed by atoms with Crippen molar-refractivity contribution in [3.05, 3.63) is 35.9 Å². The molecule has 0 aliphatic heterocycles. The van der Waals surface area contributed by atoms with Crippen LogP contribution >= 0.6 is 0 Å². The minimum absolute atomic E-state index is 0.153. The predicted molar refractivity (Wildman–Crippen MR) is 51.4 cm³/mol. The zero-order valence-corrected chi connectivity index (χ0v) is 7.92. The number of carbonyl (C=O) groups excluding carboxylic acids is 2. The lowest BCUT2D eigenvalue weighted by Gasteiger charge is -2.08. The van der Waals surface area contributed by atoms with Crippen LogP contribution in [0.4, 0.5) is 0 Å². The molecule has 1 amide bonds. The van der Waals surface area contributed by atoms with Gasteiger partial charge in [-0.2, -0.15) is 5.48 Å². The van der Waals surface area contributed by atoms with Gasteiger partial charge < -0.3 is 9.94 Å². The second kappa shape index (κ2) is 5.77. The molecule has 1 atom stereocenters. The Bertz CT molecular complexity index is 325. The Morgan fingerprint density at radius 2 is 2.13 bits per heavy atom. The first-order valence-electron chi connectivity index (χ1n) is 4.36. The van der Waals surface area contributed by atoms with Crippen LogP contribution < -0.4 is 5.48 Å². The van der Waals surface area contributed by atoms with Gasteiger partial charge in [0.15, 0.2) is 6.10 Å². The van der Waals surface area contributed by atoms with Crippen LogP contribution in [0.1, 0.15) is 5.56 Å². The first kappa shape index (κ1) is 11.2. The Labute approximate surface area is 86.6 Å². The number of nitrogens with one attached hydrogen (secondary N) is 1. The highest BCUT2D eigenvalue weighted by atomic mass is 16.7. The Hall–Kier alpha value is -1.88. The SMILES string of the molecule is O=CNOC(=O)C(O)Cc1ccccc1. The predicted octanol–water partition coefficient (Wildman–Crippen LogP) is -0.206. The molecule has 15 heavy (non-hydrogen) atoms. The summed E-state index contributed by atoms with van der Waals surface area (Å²) in [7, 11) is 0. The van der Waals surface area contributed by atoms with Crippen LogP contribution in [0.15, 0.2) is 30.3 Å². The second-order valence-electron chi connectivity index (χ2n) is 2.86. The molecule has 1 aromatic rings. The molecule has 0 bridgehead atoms. The van der Waals surface area contributed by atoms with E-state index in [1.54, 1.807) is 29.7 Å². The van der Waals surface area contributed by atoms with Crippen LogP contribution in [0, 0.1) is 0 Å². The van der Waals surface area contributed by atoms with Gasteiger partial charge in [0.05, 0.1) is 0 Å². The van der Waals surface area contributed by atoms with Crippen LogP contribution in [-0.4, -0.2) is 23.6 Å². The lowest BCUT2D eigenvalue weighted by Crippen LogP contribution is -2.30. The van der Waals surface area contributed by atoms with E-state index < -0.39 is 12.1 Å². The summed E-state index contributed by atoms with van der Waals surface area (Å²) in [5.74, 6) is -0.883. The lowest BCUT2D eigenvalue weighted by atomic mass is 10.1. The van der Waals surface area contributed by atoms with Gasteiger partial charge in [-0.15, -0.1) is 0 Å². The van der Waals surface area contributed by atoms with Crippen molar-refractivity contribution >= 4 is 12.4 Å². The Kier molecular flexibility index (Phi) is 4.30. The van der Waals surface area contributed by atoms with Crippen molar-refractivity contribution in [2.75, 3.05) is 0 Å². The third kappa shape index (κ3) is 3.78. The summed E-state index contributed by atoms with van der Waals surface area (Å²) in [5.41, 5.74) is 2.54. The molecule has 80 valence electrons. The smallest absolute Gasteiger partial charge is 0.360 e. The van der Waals surface area contributed by atoms with E-state index in [2.05, 4.69) is 4.84 Å². The molecule has 0 aromatic heterocycles. The third-order valence-corrected chi connectivity index (χ3v) is 1.75. The van der Waals surface area contributed by atoms with Crippen LogP contribution in [-0.2, 0) is 20.8 Å². The molecule has 0 heterocycles. The highest BCUT2D eigenvalue weighted by Crippen LogP contribution is 2.03. The Balaban J connectivity index is 2.45. The normalized spacial score (nSPS) is 11.5. The minimum atomic E-state index is -1.28. The number of hydrogen-bond acceptors (Lipinski definition) is 4. The van der Waals surface area contributed by atoms with Gasteiger partial charge in [0.1, 0.15) is 0 Å². The van der Waals surface area contributed by atoms with Gasteiger partial charge in [0.25, 0.3) is 0 Å². The largest absolute Gasteiger partial charge is 0.381 e. The van der Waals surface area contributed by atoms with Gasteiger partial charge in [0, 0.05) is 6.42 Å². The quantitative estimate of drug-likeness (QED) is 0.520. The summed E-state index contributed by atoms with van der Waals surface area (Å²) >= 11 is 0. The summed E-state index contributed by atoms with van der Waals surface area (Å²) in [5, 5.41) is 9.37. The monoisotopic (exact) mass is 209 g/mol. The van der Waals surface area contributed by atoms with E-state index >= 15 is 0 Å². The van der Waals surface area contributed by atoms with Crippen molar-refractivity contribution < 1.29 is 19.5 Å². The number of hydrogen-bond donors (Lipinski definition) is 2. The maximum absolute atomic E-state index is 11.0. The van der Waals surface area contributed by atoms with Gasteiger partial charge >= 0.3 is 5.97 Å². The molecule has 0 aliphatic rings. The number of rotatable bonds is 5. The van der Waals surface area contributed by atoms with Crippen molar-refractivity contribution in [3.8, 4) is 0 Å². The maximum Gasteiger partial charge on any atom is 0.360 e. The van der Waals surface area contributed by atoms with Gasteiger partial charge in [-0.05, 0) is 5.56 Å². The van der Waals surface area contributed by atoms with Gasteiger partial charge in [0.2, 0.25) is 6.41 Å². The van der Waals surface area contributed by atoms with Crippen molar-refractivity contribution in [2.24, 2.45) is 0 Å². The number of aliphatic hydroxyl groups is 1. The second-order valence-corrected chi connectivity index (χ2v) is 2.86. The fourth-order valence-corrected chi connectivity index (χ4v) is 1.07. The van der Waals surface area contributed by atoms with Crippen molar-refractivity contribution in [1.29, 1.82) is 0 Å². The molecule has 0 spiro atoms. The molecule has 0 saturated carbocycles. The minimum Gasteiger partial charge on any atom is -0.381 e. The van der Waals surface area contributed by atoms with E-state index in [-0.39, 0.29) is 12.8 Å². The highest BCUT2D eigenvalue weighted by molar-refractivity contribution is 5.75. The van der Waals surface area contributed by atoms with E-state index in [4.69, 9.17) is 0 Å². The summed E-state index contributed by atoms with van der Waals surface area (Å²) < 4.78 is 0. The zero-order valence-electron chi connectivity index (χ0n) is 7.92. The van der Waals surface area contributed by atoms with Crippen LogP contribution in [0.5, 0.6) is 0 Å². The van der Waals surface area contributed by atoms with Crippen molar-refractivity contribution in [2.45, 2.75) is 12.5 Å². The summed E-state index contributed by atoms with van der Waals surface area (Å²) in [6, 6.07) is 9.00. The van der Waals surface area contributed by atoms with Crippen LogP contribution in [0.3, 0.4) is 0 Å². The molecule has 0 aliphatic carbocycles. The number of aliphatic hydroxyl groups excluding tert-OH is 1. The molecule has 0 fully saturated rings. The average Bonchev–Trinajstić information content (AvgIpc) is 2.27. The number of carbonyl (C=O) groups is 2. The maximum atomic E-state index is 11.0. The fourth-order valence-electron chi connectivity index (χ4n) is 1.07. The highest BCUT2D eigenvalue weighted by Gasteiger charge is 2.17. The molecule has 1 aromatic carbocycles. The first-order chi connectivity index (χ1) is 7.24. The van der Waals surface area contributed by atoms with Crippen molar-refractivity contribution in [3.63, 3.8) is 0 Å². The molecular weight excluding hydrogens is 198 g/mol. The van der Waals surface area contributed by atoms with Gasteiger partial charge in [-0.25, -0.2) is 4.79 Å². The molecule has 2 N–H and O–H groups in total.